The van der Waals surface area contributed by atoms with Crippen molar-refractivity contribution in [3.05, 3.63) is 94.0 Å². The van der Waals surface area contributed by atoms with Crippen molar-refractivity contribution >= 4 is 50.7 Å². The lowest BCUT2D eigenvalue weighted by Gasteiger charge is -2.33. The summed E-state index contributed by atoms with van der Waals surface area (Å²) in [5.74, 6) is -0.0970. The van der Waals surface area contributed by atoms with E-state index in [9.17, 15) is 18.0 Å². The number of methoxy groups -OCH3 is 1. The fraction of sp³-hybridized carbons (Fsp3) is 0.375. The minimum atomic E-state index is -3.65. The quantitative estimate of drug-likeness (QED) is 0.215. The van der Waals surface area contributed by atoms with E-state index in [4.69, 9.17) is 27.9 Å². The summed E-state index contributed by atoms with van der Waals surface area (Å²) in [7, 11) is -2.15. The molecule has 3 rings (SSSR count). The van der Waals surface area contributed by atoms with E-state index in [1.54, 1.807) is 42.5 Å². The van der Waals surface area contributed by atoms with Crippen molar-refractivity contribution in [3.63, 3.8) is 0 Å². The molecule has 0 aliphatic carbocycles. The maximum absolute atomic E-state index is 14.0. The number of halogens is 2. The number of hydrogen-bond donors (Lipinski definition) is 1. The fourth-order valence-corrected chi connectivity index (χ4v) is 6.09. The number of hydrogen-bond acceptors (Lipinski definition) is 5. The summed E-state index contributed by atoms with van der Waals surface area (Å²) in [5, 5.41) is 3.79. The fourth-order valence-electron chi connectivity index (χ4n) is 4.62. The Morgan fingerprint density at radius 2 is 1.63 bits per heavy atom. The van der Waals surface area contributed by atoms with Crippen LogP contribution in [0.15, 0.2) is 72.8 Å². The predicted molar refractivity (Wildman–Crippen MR) is 173 cm³/mol. The number of nitrogens with zero attached hydrogens (tertiary/aromatic N) is 2. The maximum atomic E-state index is 14.0. The molecule has 0 unspecified atom stereocenters. The van der Waals surface area contributed by atoms with Crippen molar-refractivity contribution < 1.29 is 22.7 Å². The van der Waals surface area contributed by atoms with Crippen LogP contribution in [0.5, 0.6) is 5.75 Å². The third-order valence-electron chi connectivity index (χ3n) is 7.16. The number of carbonyl (C=O) groups excluding carboxylic acids is 2. The van der Waals surface area contributed by atoms with E-state index in [0.717, 1.165) is 18.2 Å². The van der Waals surface area contributed by atoms with Crippen LogP contribution in [0.25, 0.3) is 0 Å². The van der Waals surface area contributed by atoms with Gasteiger partial charge in [0.25, 0.3) is 0 Å². The first-order chi connectivity index (χ1) is 20.4. The van der Waals surface area contributed by atoms with Crippen molar-refractivity contribution in [2.75, 3.05) is 24.2 Å². The lowest BCUT2D eigenvalue weighted by atomic mass is 10.0. The number of rotatable bonds is 15. The van der Waals surface area contributed by atoms with Gasteiger partial charge >= 0.3 is 0 Å². The summed E-state index contributed by atoms with van der Waals surface area (Å²) >= 11 is 13.0. The predicted octanol–water partition coefficient (Wildman–Crippen LogP) is 6.10. The molecular formula is C32H39Cl2N3O5S. The van der Waals surface area contributed by atoms with Crippen molar-refractivity contribution in [1.29, 1.82) is 0 Å². The molecule has 1 N–H and O–H groups in total. The largest absolute Gasteiger partial charge is 0.497 e. The Morgan fingerprint density at radius 3 is 2.23 bits per heavy atom. The van der Waals surface area contributed by atoms with Crippen LogP contribution >= 0.6 is 23.2 Å². The Labute approximate surface area is 265 Å². The van der Waals surface area contributed by atoms with Crippen LogP contribution in [0.4, 0.5) is 5.69 Å². The van der Waals surface area contributed by atoms with Gasteiger partial charge in [0.15, 0.2) is 0 Å². The highest BCUT2D eigenvalue weighted by Gasteiger charge is 2.32. The number of carbonyl (C=O) groups is 2. The van der Waals surface area contributed by atoms with Gasteiger partial charge in [0.05, 0.1) is 19.1 Å². The molecule has 2 amide bonds. The maximum Gasteiger partial charge on any atom is 0.243 e. The number of benzene rings is 3. The van der Waals surface area contributed by atoms with Gasteiger partial charge in [-0.25, -0.2) is 8.42 Å². The average molecular weight is 649 g/mol. The molecule has 0 aliphatic rings. The van der Waals surface area contributed by atoms with Crippen LogP contribution in [0.1, 0.15) is 44.2 Å². The minimum absolute atomic E-state index is 0.00837. The smallest absolute Gasteiger partial charge is 0.243 e. The van der Waals surface area contributed by atoms with E-state index in [1.807, 2.05) is 44.2 Å². The van der Waals surface area contributed by atoms with E-state index in [2.05, 4.69) is 5.32 Å². The van der Waals surface area contributed by atoms with Gasteiger partial charge in [-0.05, 0) is 49.6 Å². The lowest BCUT2D eigenvalue weighted by molar-refractivity contribution is -0.141. The highest BCUT2D eigenvalue weighted by Crippen LogP contribution is 2.28. The zero-order valence-corrected chi connectivity index (χ0v) is 27.3. The first-order valence-electron chi connectivity index (χ1n) is 14.1. The molecule has 0 fully saturated rings. The van der Waals surface area contributed by atoms with E-state index in [0.29, 0.717) is 27.0 Å². The van der Waals surface area contributed by atoms with E-state index < -0.39 is 16.1 Å². The van der Waals surface area contributed by atoms with Gasteiger partial charge in [0.1, 0.15) is 11.8 Å². The molecule has 0 spiro atoms. The zero-order chi connectivity index (χ0) is 31.6. The molecule has 8 nitrogen and oxygen atoms in total. The Kier molecular flexibility index (Phi) is 12.7. The monoisotopic (exact) mass is 647 g/mol. The molecule has 232 valence electrons. The van der Waals surface area contributed by atoms with E-state index in [-0.39, 0.29) is 50.2 Å². The van der Waals surface area contributed by atoms with Crippen molar-refractivity contribution in [1.82, 2.24) is 10.2 Å². The first-order valence-corrected chi connectivity index (χ1v) is 16.7. The molecule has 3 aromatic carbocycles. The number of ether oxygens (including phenoxy) is 1. The van der Waals surface area contributed by atoms with Crippen LogP contribution < -0.4 is 14.4 Å². The topological polar surface area (TPSA) is 96.0 Å². The minimum Gasteiger partial charge on any atom is -0.497 e. The SMILES string of the molecule is CC[C@H](C)NC(=O)[C@H](Cc1ccccc1)N(Cc1c(Cl)cccc1Cl)C(=O)CCCN(c1cccc(OC)c1)S(C)(=O)=O. The normalized spacial score (nSPS) is 12.7. The Morgan fingerprint density at radius 1 is 0.977 bits per heavy atom. The van der Waals surface area contributed by atoms with Gasteiger partial charge in [-0.2, -0.15) is 0 Å². The summed E-state index contributed by atoms with van der Waals surface area (Å²) in [5.41, 5.74) is 1.85. The average Bonchev–Trinajstić information content (AvgIpc) is 2.98. The summed E-state index contributed by atoms with van der Waals surface area (Å²) < 4.78 is 31.9. The van der Waals surface area contributed by atoms with E-state index in [1.165, 1.54) is 16.3 Å². The molecule has 0 saturated carbocycles. The van der Waals surface area contributed by atoms with Crippen LogP contribution in [0.2, 0.25) is 10.0 Å². The highest BCUT2D eigenvalue weighted by molar-refractivity contribution is 7.92. The second kappa shape index (κ2) is 16.0. The molecule has 3 aromatic rings. The molecular weight excluding hydrogens is 609 g/mol. The number of sulfonamides is 1. The zero-order valence-electron chi connectivity index (χ0n) is 24.9. The van der Waals surface area contributed by atoms with Gasteiger partial charge in [-0.15, -0.1) is 0 Å². The number of nitrogens with one attached hydrogen (secondary N) is 1. The van der Waals surface area contributed by atoms with Crippen molar-refractivity contribution in [2.24, 2.45) is 0 Å². The molecule has 43 heavy (non-hydrogen) atoms. The van der Waals surface area contributed by atoms with Crippen molar-refractivity contribution in [3.8, 4) is 5.75 Å². The molecule has 0 aromatic heterocycles. The van der Waals surface area contributed by atoms with Crippen LogP contribution in [0.3, 0.4) is 0 Å². The summed E-state index contributed by atoms with van der Waals surface area (Å²) in [6.07, 6.45) is 2.31. The van der Waals surface area contributed by atoms with Crippen LogP contribution in [0, 0.1) is 0 Å². The third kappa shape index (κ3) is 9.88. The molecule has 0 saturated heterocycles. The Hall–Kier alpha value is -3.27. The van der Waals surface area contributed by atoms with Gasteiger partial charge in [-0.1, -0.05) is 72.6 Å². The Bertz CT molecular complexity index is 1470. The summed E-state index contributed by atoms with van der Waals surface area (Å²) in [6, 6.07) is 20.3. The van der Waals surface area contributed by atoms with E-state index >= 15 is 0 Å². The van der Waals surface area contributed by atoms with Gasteiger partial charge < -0.3 is 15.0 Å². The molecule has 2 atom stereocenters. The summed E-state index contributed by atoms with van der Waals surface area (Å²) in [4.78, 5) is 29.2. The molecule has 0 bridgehead atoms. The molecule has 0 radical (unpaired) electrons. The molecule has 0 aliphatic heterocycles. The van der Waals surface area contributed by atoms with Gasteiger partial charge in [-0.3, -0.25) is 13.9 Å². The van der Waals surface area contributed by atoms with Gasteiger partial charge in [0, 0.05) is 53.6 Å². The first kappa shape index (κ1) is 34.2. The van der Waals surface area contributed by atoms with Crippen molar-refractivity contribution in [2.45, 2.75) is 58.2 Å². The van der Waals surface area contributed by atoms with Crippen LogP contribution in [-0.2, 0) is 32.6 Å². The van der Waals surface area contributed by atoms with Crippen LogP contribution in [-0.4, -0.2) is 57.1 Å². The van der Waals surface area contributed by atoms with Gasteiger partial charge in [0.2, 0.25) is 21.8 Å². The molecule has 0 heterocycles. The third-order valence-corrected chi connectivity index (χ3v) is 9.06. The Balaban J connectivity index is 1.94. The standard InChI is InChI=1S/C32H39Cl2N3O5S/c1-5-23(2)35-32(39)30(20-24-12-7-6-8-13-24)36(22-27-28(33)16-10-17-29(27)34)31(38)18-11-19-37(43(4,40)41)25-14-9-15-26(21-25)42-3/h6-10,12-17,21,23,30H,5,11,18-20,22H2,1-4H3,(H,35,39)/t23-,30-/m0/s1. The summed E-state index contributed by atoms with van der Waals surface area (Å²) in [6.45, 7) is 3.95. The number of anilines is 1. The lowest BCUT2D eigenvalue weighted by Crippen LogP contribution is -2.52. The second-order valence-electron chi connectivity index (χ2n) is 10.4. The highest BCUT2D eigenvalue weighted by atomic mass is 35.5. The molecule has 11 heteroatoms. The number of amides is 2. The second-order valence-corrected chi connectivity index (χ2v) is 13.1.